The lowest BCUT2D eigenvalue weighted by Gasteiger charge is -1.97. The lowest BCUT2D eigenvalue weighted by atomic mass is 10.2. The highest BCUT2D eigenvalue weighted by Crippen LogP contribution is 2.21. The van der Waals surface area contributed by atoms with Gasteiger partial charge in [0.15, 0.2) is 5.82 Å². The largest absolute Gasteiger partial charge is 0.251 e. The van der Waals surface area contributed by atoms with Gasteiger partial charge in [0, 0.05) is 23.4 Å². The van der Waals surface area contributed by atoms with E-state index in [4.69, 9.17) is 0 Å². The van der Waals surface area contributed by atoms with E-state index < -0.39 is 10.8 Å². The van der Waals surface area contributed by atoms with Crippen LogP contribution < -0.4 is 0 Å². The van der Waals surface area contributed by atoms with Crippen molar-refractivity contribution >= 4 is 22.3 Å². The quantitative estimate of drug-likeness (QED) is 0.731. The van der Waals surface area contributed by atoms with E-state index in [2.05, 4.69) is 19.6 Å². The first-order valence-electron chi connectivity index (χ1n) is 5.38. The molecule has 2 heterocycles. The molecule has 0 N–H and O–H groups in total. The summed E-state index contributed by atoms with van der Waals surface area (Å²) in [5, 5.41) is 8.56. The molecular weight excluding hydrogens is 282 g/mol. The maximum absolute atomic E-state index is 11.5. The summed E-state index contributed by atoms with van der Waals surface area (Å²) in [7, 11) is -1.22. The Morgan fingerprint density at radius 1 is 1.26 bits per heavy atom. The summed E-state index contributed by atoms with van der Waals surface area (Å²) in [6.45, 7) is 0. The van der Waals surface area contributed by atoms with Crippen molar-refractivity contribution in [2.24, 2.45) is 0 Å². The molecule has 19 heavy (non-hydrogen) atoms. The molecule has 8 heteroatoms. The van der Waals surface area contributed by atoms with Crippen LogP contribution in [0.15, 0.2) is 41.8 Å². The maximum Gasteiger partial charge on any atom is 0.227 e. The second-order valence-corrected chi connectivity index (χ2v) is 5.71. The SMILES string of the molecule is C[S@](=O)c1nncn1-c1nc(-c2ccccc2)ns1. The molecule has 1 aromatic carbocycles. The van der Waals surface area contributed by atoms with Crippen LogP contribution in [0.3, 0.4) is 0 Å². The molecule has 0 saturated heterocycles. The number of rotatable bonds is 3. The van der Waals surface area contributed by atoms with Crippen LogP contribution in [-0.4, -0.2) is 34.6 Å². The topological polar surface area (TPSA) is 73.6 Å². The number of hydrogen-bond acceptors (Lipinski definition) is 6. The van der Waals surface area contributed by atoms with E-state index in [1.165, 1.54) is 17.9 Å². The first kappa shape index (κ1) is 12.1. The molecule has 2 aromatic heterocycles. The number of aromatic nitrogens is 5. The average Bonchev–Trinajstić information content (AvgIpc) is 3.08. The van der Waals surface area contributed by atoms with Gasteiger partial charge in [-0.3, -0.25) is 4.21 Å². The van der Waals surface area contributed by atoms with Gasteiger partial charge < -0.3 is 0 Å². The van der Waals surface area contributed by atoms with Crippen molar-refractivity contribution in [1.82, 2.24) is 24.1 Å². The average molecular weight is 291 g/mol. The van der Waals surface area contributed by atoms with Crippen LogP contribution >= 0.6 is 11.5 Å². The van der Waals surface area contributed by atoms with Crippen LogP contribution in [0.5, 0.6) is 0 Å². The van der Waals surface area contributed by atoms with E-state index >= 15 is 0 Å². The van der Waals surface area contributed by atoms with E-state index in [0.29, 0.717) is 16.1 Å². The summed E-state index contributed by atoms with van der Waals surface area (Å²) >= 11 is 1.22. The summed E-state index contributed by atoms with van der Waals surface area (Å²) in [5.74, 6) is 0.641. The predicted molar refractivity (Wildman–Crippen MR) is 72.6 cm³/mol. The van der Waals surface area contributed by atoms with Gasteiger partial charge in [0.25, 0.3) is 0 Å². The minimum atomic E-state index is -1.22. The molecule has 3 rings (SSSR count). The van der Waals surface area contributed by atoms with Gasteiger partial charge in [-0.1, -0.05) is 30.3 Å². The van der Waals surface area contributed by atoms with E-state index in [1.54, 1.807) is 10.8 Å². The Morgan fingerprint density at radius 3 is 2.79 bits per heavy atom. The summed E-state index contributed by atoms with van der Waals surface area (Å²) in [4.78, 5) is 4.42. The van der Waals surface area contributed by atoms with E-state index in [0.717, 1.165) is 5.56 Å². The summed E-state index contributed by atoms with van der Waals surface area (Å²) in [5.41, 5.74) is 0.942. The van der Waals surface area contributed by atoms with Crippen molar-refractivity contribution in [3.63, 3.8) is 0 Å². The Balaban J connectivity index is 2.02. The fourth-order valence-electron chi connectivity index (χ4n) is 1.57. The Kier molecular flexibility index (Phi) is 3.18. The van der Waals surface area contributed by atoms with Gasteiger partial charge in [0.2, 0.25) is 10.3 Å². The van der Waals surface area contributed by atoms with Crippen LogP contribution in [0.25, 0.3) is 16.5 Å². The van der Waals surface area contributed by atoms with E-state index in [1.807, 2.05) is 30.3 Å². The van der Waals surface area contributed by atoms with Gasteiger partial charge in [-0.25, -0.2) is 4.57 Å². The predicted octanol–water partition coefficient (Wildman–Crippen LogP) is 1.52. The molecule has 1 atom stereocenters. The molecular formula is C11H9N5OS2. The zero-order chi connectivity index (χ0) is 13.2. The first-order valence-corrected chi connectivity index (χ1v) is 7.72. The van der Waals surface area contributed by atoms with E-state index in [9.17, 15) is 4.21 Å². The van der Waals surface area contributed by atoms with Gasteiger partial charge in [-0.05, 0) is 0 Å². The van der Waals surface area contributed by atoms with Crippen LogP contribution in [0.1, 0.15) is 0 Å². The molecule has 96 valence electrons. The van der Waals surface area contributed by atoms with Crippen molar-refractivity contribution in [2.45, 2.75) is 5.16 Å². The van der Waals surface area contributed by atoms with Gasteiger partial charge in [0.05, 0.1) is 10.8 Å². The highest BCUT2D eigenvalue weighted by molar-refractivity contribution is 7.84. The maximum atomic E-state index is 11.5. The van der Waals surface area contributed by atoms with Gasteiger partial charge in [0.1, 0.15) is 6.33 Å². The van der Waals surface area contributed by atoms with Crippen LogP contribution in [0.4, 0.5) is 0 Å². The Hall–Kier alpha value is -1.93. The van der Waals surface area contributed by atoms with Crippen molar-refractivity contribution in [2.75, 3.05) is 6.26 Å². The van der Waals surface area contributed by atoms with Crippen molar-refractivity contribution in [1.29, 1.82) is 0 Å². The highest BCUT2D eigenvalue weighted by Gasteiger charge is 2.14. The molecule has 6 nitrogen and oxygen atoms in total. The molecule has 0 aliphatic heterocycles. The number of benzene rings is 1. The molecule has 3 aromatic rings. The third-order valence-electron chi connectivity index (χ3n) is 2.43. The molecule has 0 spiro atoms. The van der Waals surface area contributed by atoms with Crippen molar-refractivity contribution in [3.8, 4) is 16.5 Å². The third kappa shape index (κ3) is 2.32. The molecule has 0 fully saturated rings. The van der Waals surface area contributed by atoms with Crippen LogP contribution in [0, 0.1) is 0 Å². The molecule has 0 saturated carbocycles. The monoisotopic (exact) mass is 291 g/mol. The number of hydrogen-bond donors (Lipinski definition) is 0. The van der Waals surface area contributed by atoms with Gasteiger partial charge in [-0.15, -0.1) is 10.2 Å². The lowest BCUT2D eigenvalue weighted by molar-refractivity contribution is 0.675. The third-order valence-corrected chi connectivity index (χ3v) is 3.94. The summed E-state index contributed by atoms with van der Waals surface area (Å²) in [6, 6.07) is 9.69. The minimum Gasteiger partial charge on any atom is -0.251 e. The number of nitrogens with zero attached hydrogens (tertiary/aromatic N) is 5. The van der Waals surface area contributed by atoms with Crippen molar-refractivity contribution < 1.29 is 4.21 Å². The first-order chi connectivity index (χ1) is 9.25. The molecule has 0 radical (unpaired) electrons. The fraction of sp³-hybridized carbons (Fsp3) is 0.0909. The summed E-state index contributed by atoms with van der Waals surface area (Å²) < 4.78 is 17.4. The van der Waals surface area contributed by atoms with Crippen molar-refractivity contribution in [3.05, 3.63) is 36.7 Å². The standard InChI is InChI=1S/C11H9N5OS2/c1-19(17)11-14-12-7-16(11)10-13-9(15-18-10)8-5-3-2-4-6-8/h2-7H,1H3/t19-/m0/s1. The zero-order valence-electron chi connectivity index (χ0n) is 9.92. The van der Waals surface area contributed by atoms with Gasteiger partial charge in [-0.2, -0.15) is 9.36 Å². The minimum absolute atomic E-state index is 0.371. The highest BCUT2D eigenvalue weighted by atomic mass is 32.2. The Labute approximate surface area is 115 Å². The fourth-order valence-corrected chi connectivity index (χ4v) is 2.86. The molecule has 0 unspecified atom stereocenters. The Bertz CT molecular complexity index is 722. The van der Waals surface area contributed by atoms with E-state index in [-0.39, 0.29) is 0 Å². The molecule has 0 aliphatic carbocycles. The molecule has 0 amide bonds. The second-order valence-electron chi connectivity index (χ2n) is 3.70. The second kappa shape index (κ2) is 4.98. The Morgan fingerprint density at radius 2 is 2.05 bits per heavy atom. The molecule has 0 bridgehead atoms. The smallest absolute Gasteiger partial charge is 0.227 e. The van der Waals surface area contributed by atoms with Gasteiger partial charge >= 0.3 is 0 Å². The van der Waals surface area contributed by atoms with Crippen LogP contribution in [0.2, 0.25) is 0 Å². The lowest BCUT2D eigenvalue weighted by Crippen LogP contribution is -2.01. The normalized spacial score (nSPS) is 12.5. The summed E-state index contributed by atoms with van der Waals surface area (Å²) in [6.07, 6.45) is 3.05. The zero-order valence-corrected chi connectivity index (χ0v) is 11.6. The molecule has 0 aliphatic rings. The van der Waals surface area contributed by atoms with Crippen LogP contribution in [-0.2, 0) is 10.8 Å².